The van der Waals surface area contributed by atoms with E-state index in [1.165, 1.54) is 25.3 Å². The van der Waals surface area contributed by atoms with Gasteiger partial charge in [-0.1, -0.05) is 6.07 Å². The number of halogens is 4. The van der Waals surface area contributed by atoms with Crippen molar-refractivity contribution >= 4 is 33.7 Å². The van der Waals surface area contributed by atoms with Crippen molar-refractivity contribution in [1.82, 2.24) is 0 Å². The number of ether oxygens (including phenoxy) is 3. The lowest BCUT2D eigenvalue weighted by Gasteiger charge is -2.17. The fraction of sp³-hybridized carbons (Fsp3) is 0.409. The van der Waals surface area contributed by atoms with Gasteiger partial charge in [-0.2, -0.15) is 0 Å². The molecule has 0 N–H and O–H groups in total. The van der Waals surface area contributed by atoms with E-state index >= 15 is 0 Å². The van der Waals surface area contributed by atoms with Gasteiger partial charge in [-0.05, 0) is 84.1 Å². The van der Waals surface area contributed by atoms with Crippen LogP contribution in [-0.4, -0.2) is 31.3 Å². The maximum absolute atomic E-state index is 12.3. The second-order valence-corrected chi connectivity index (χ2v) is 8.89. The third-order valence-corrected chi connectivity index (χ3v) is 6.05. The van der Waals surface area contributed by atoms with Crippen molar-refractivity contribution in [3.8, 4) is 11.5 Å². The molecule has 4 nitrogen and oxygen atoms in total. The number of benzene rings is 2. The van der Waals surface area contributed by atoms with Gasteiger partial charge in [0.1, 0.15) is 11.5 Å². The Balaban J connectivity index is 1.82. The first-order valence-electron chi connectivity index (χ1n) is 9.58. The Hall–Kier alpha value is -1.87. The van der Waals surface area contributed by atoms with Crippen molar-refractivity contribution in [3.63, 3.8) is 0 Å². The summed E-state index contributed by atoms with van der Waals surface area (Å²) in [7, 11) is 1.38. The molecule has 2 aromatic carbocycles. The van der Waals surface area contributed by atoms with E-state index in [1.54, 1.807) is 11.8 Å². The van der Waals surface area contributed by atoms with E-state index < -0.39 is 6.36 Å². The monoisotopic (exact) mass is 520 g/mol. The maximum Gasteiger partial charge on any atom is 0.573 e. The lowest BCUT2D eigenvalue weighted by Crippen LogP contribution is -2.17. The van der Waals surface area contributed by atoms with E-state index in [9.17, 15) is 18.0 Å². The minimum absolute atomic E-state index is 0.126. The molecule has 170 valence electrons. The number of carbonyl (C=O) groups excluding carboxylic acids is 1. The molecule has 0 aliphatic carbocycles. The van der Waals surface area contributed by atoms with Crippen molar-refractivity contribution < 1.29 is 32.2 Å². The first-order valence-corrected chi connectivity index (χ1v) is 11.4. The van der Waals surface area contributed by atoms with Gasteiger partial charge in [-0.25, -0.2) is 0 Å². The van der Waals surface area contributed by atoms with Gasteiger partial charge in [0.2, 0.25) is 0 Å². The van der Waals surface area contributed by atoms with Gasteiger partial charge in [-0.15, -0.1) is 24.9 Å². The zero-order valence-corrected chi connectivity index (χ0v) is 19.8. The highest BCUT2D eigenvalue weighted by Gasteiger charge is 2.31. The fourth-order valence-electron chi connectivity index (χ4n) is 2.77. The Morgan fingerprint density at radius 2 is 1.94 bits per heavy atom. The van der Waals surface area contributed by atoms with Crippen LogP contribution in [0, 0.1) is 6.92 Å². The fourth-order valence-corrected chi connectivity index (χ4v) is 4.33. The third kappa shape index (κ3) is 9.03. The zero-order valence-electron chi connectivity index (χ0n) is 17.4. The topological polar surface area (TPSA) is 44.8 Å². The Morgan fingerprint density at radius 3 is 2.55 bits per heavy atom. The summed E-state index contributed by atoms with van der Waals surface area (Å²) in [6, 6.07) is 10.1. The number of aryl methyl sites for hydroxylation is 2. The van der Waals surface area contributed by atoms with Gasteiger partial charge < -0.3 is 14.2 Å². The molecule has 0 heterocycles. The summed E-state index contributed by atoms with van der Waals surface area (Å²) in [5.74, 6) is 0.744. The predicted molar refractivity (Wildman–Crippen MR) is 118 cm³/mol. The van der Waals surface area contributed by atoms with Crippen LogP contribution < -0.4 is 9.47 Å². The van der Waals surface area contributed by atoms with E-state index in [2.05, 4.69) is 31.5 Å². The van der Waals surface area contributed by atoms with Gasteiger partial charge in [0, 0.05) is 17.1 Å². The number of carbonyl (C=O) groups is 1. The minimum Gasteiger partial charge on any atom is -0.490 e. The molecule has 2 rings (SSSR count). The van der Waals surface area contributed by atoms with Gasteiger partial charge in [0.15, 0.2) is 0 Å². The molecule has 1 atom stereocenters. The molecule has 0 saturated heterocycles. The summed E-state index contributed by atoms with van der Waals surface area (Å²) in [4.78, 5) is 12.4. The Bertz CT molecular complexity index is 890. The van der Waals surface area contributed by atoms with E-state index in [0.29, 0.717) is 23.1 Å². The number of rotatable bonds is 10. The Kier molecular flexibility index (Phi) is 9.55. The number of hydrogen-bond donors (Lipinski definition) is 0. The lowest BCUT2D eigenvalue weighted by molar-refractivity contribution is -0.274. The lowest BCUT2D eigenvalue weighted by atomic mass is 10.0. The first-order chi connectivity index (χ1) is 14.6. The predicted octanol–water partition coefficient (Wildman–Crippen LogP) is 6.71. The number of thioether (sulfide) groups is 1. The van der Waals surface area contributed by atoms with Crippen LogP contribution in [-0.2, 0) is 16.0 Å². The second-order valence-electron chi connectivity index (χ2n) is 6.87. The summed E-state index contributed by atoms with van der Waals surface area (Å²) in [5.41, 5.74) is 2.25. The standard InChI is InChI=1S/C22H24BrF3O4S/c1-14-12-18(7-4-16(14)5-9-21(27)28-3)31-11-10-15(2)29-20-8-6-17(13-19(20)23)30-22(24,25)26/h4,6-8,12-13,15H,5,9-11H2,1-3H3. The SMILES string of the molecule is COC(=O)CCc1ccc(SCCC(C)Oc2ccc(OC(F)(F)F)cc2Br)cc1C. The molecule has 0 fully saturated rings. The molecule has 1 unspecified atom stereocenters. The van der Waals surface area contributed by atoms with Crippen LogP contribution in [0.1, 0.15) is 30.9 Å². The molecule has 0 radical (unpaired) electrons. The van der Waals surface area contributed by atoms with Gasteiger partial charge in [0.05, 0.1) is 17.7 Å². The quantitative estimate of drug-likeness (QED) is 0.257. The average molecular weight is 521 g/mol. The average Bonchev–Trinajstić information content (AvgIpc) is 2.68. The first kappa shape index (κ1) is 25.4. The molecular weight excluding hydrogens is 497 g/mol. The summed E-state index contributed by atoms with van der Waals surface area (Å²) in [6.07, 6.45) is -3.10. The van der Waals surface area contributed by atoms with Crippen LogP contribution in [0.5, 0.6) is 11.5 Å². The van der Waals surface area contributed by atoms with Crippen LogP contribution in [0.25, 0.3) is 0 Å². The number of esters is 1. The van der Waals surface area contributed by atoms with Gasteiger partial charge in [-0.3, -0.25) is 4.79 Å². The highest BCUT2D eigenvalue weighted by Crippen LogP contribution is 2.33. The third-order valence-electron chi connectivity index (χ3n) is 4.40. The van der Waals surface area contributed by atoms with E-state index in [0.717, 1.165) is 28.2 Å². The molecular formula is C22H24BrF3O4S. The molecule has 0 spiro atoms. The molecule has 0 saturated carbocycles. The molecule has 9 heteroatoms. The Morgan fingerprint density at radius 1 is 1.19 bits per heavy atom. The summed E-state index contributed by atoms with van der Waals surface area (Å²) >= 11 is 4.92. The number of alkyl halides is 3. The van der Waals surface area contributed by atoms with Crippen LogP contribution >= 0.6 is 27.7 Å². The largest absolute Gasteiger partial charge is 0.573 e. The molecule has 0 amide bonds. The van der Waals surface area contributed by atoms with Crippen molar-refractivity contribution in [2.45, 2.75) is 50.5 Å². The molecule has 0 aliphatic rings. The van der Waals surface area contributed by atoms with Crippen LogP contribution in [0.3, 0.4) is 0 Å². The van der Waals surface area contributed by atoms with Crippen LogP contribution in [0.15, 0.2) is 45.8 Å². The molecule has 2 aromatic rings. The van der Waals surface area contributed by atoms with Crippen molar-refractivity contribution in [3.05, 3.63) is 52.0 Å². The van der Waals surface area contributed by atoms with Crippen LogP contribution in [0.4, 0.5) is 13.2 Å². The van der Waals surface area contributed by atoms with Crippen molar-refractivity contribution in [2.24, 2.45) is 0 Å². The van der Waals surface area contributed by atoms with E-state index in [1.807, 2.05) is 26.0 Å². The Labute approximate surface area is 192 Å². The van der Waals surface area contributed by atoms with Crippen molar-refractivity contribution in [1.29, 1.82) is 0 Å². The van der Waals surface area contributed by atoms with E-state index in [-0.39, 0.29) is 17.8 Å². The van der Waals surface area contributed by atoms with Gasteiger partial charge >= 0.3 is 12.3 Å². The van der Waals surface area contributed by atoms with Crippen molar-refractivity contribution in [2.75, 3.05) is 12.9 Å². The number of methoxy groups -OCH3 is 1. The molecule has 0 aromatic heterocycles. The highest BCUT2D eigenvalue weighted by molar-refractivity contribution is 9.10. The summed E-state index contributed by atoms with van der Waals surface area (Å²) in [5, 5.41) is 0. The second kappa shape index (κ2) is 11.7. The maximum atomic E-state index is 12.3. The summed E-state index contributed by atoms with van der Waals surface area (Å²) in [6.45, 7) is 3.93. The number of hydrogen-bond acceptors (Lipinski definition) is 5. The smallest absolute Gasteiger partial charge is 0.490 e. The van der Waals surface area contributed by atoms with E-state index in [4.69, 9.17) is 4.74 Å². The molecule has 0 aliphatic heterocycles. The normalized spacial score (nSPS) is 12.4. The zero-order chi connectivity index (χ0) is 23.0. The molecule has 31 heavy (non-hydrogen) atoms. The van der Waals surface area contributed by atoms with Crippen LogP contribution in [0.2, 0.25) is 0 Å². The highest BCUT2D eigenvalue weighted by atomic mass is 79.9. The summed E-state index contributed by atoms with van der Waals surface area (Å²) < 4.78 is 51.7. The van der Waals surface area contributed by atoms with Gasteiger partial charge in [0.25, 0.3) is 0 Å². The molecule has 0 bridgehead atoms. The minimum atomic E-state index is -4.73.